The smallest absolute Gasteiger partial charge is 0.0626 e. The van der Waals surface area contributed by atoms with E-state index in [1.807, 2.05) is 30.3 Å². The van der Waals surface area contributed by atoms with Crippen molar-refractivity contribution >= 4 is 0 Å². The Bertz CT molecular complexity index is 238. The SMILES string of the molecule is NCCCNC(CO)c1ccccc1. The van der Waals surface area contributed by atoms with Gasteiger partial charge in [-0.3, -0.25) is 0 Å². The third kappa shape index (κ3) is 3.46. The zero-order valence-corrected chi connectivity index (χ0v) is 8.32. The van der Waals surface area contributed by atoms with Gasteiger partial charge >= 0.3 is 0 Å². The van der Waals surface area contributed by atoms with Gasteiger partial charge in [0.15, 0.2) is 0 Å². The summed E-state index contributed by atoms with van der Waals surface area (Å²) in [5.74, 6) is 0. The van der Waals surface area contributed by atoms with E-state index in [0.29, 0.717) is 6.54 Å². The second kappa shape index (κ2) is 6.54. The van der Waals surface area contributed by atoms with Crippen LogP contribution in [0.2, 0.25) is 0 Å². The molecule has 1 aromatic rings. The molecule has 1 aromatic carbocycles. The van der Waals surface area contributed by atoms with Gasteiger partial charge in [0.25, 0.3) is 0 Å². The van der Waals surface area contributed by atoms with Gasteiger partial charge in [0.05, 0.1) is 12.6 Å². The number of hydrogen-bond donors (Lipinski definition) is 3. The Morgan fingerprint density at radius 3 is 2.57 bits per heavy atom. The monoisotopic (exact) mass is 194 g/mol. The predicted octanol–water partition coefficient (Wildman–Crippen LogP) is 0.658. The van der Waals surface area contributed by atoms with E-state index in [9.17, 15) is 5.11 Å². The fourth-order valence-electron chi connectivity index (χ4n) is 1.35. The summed E-state index contributed by atoms with van der Waals surface area (Å²) in [6.07, 6.45) is 0.934. The highest BCUT2D eigenvalue weighted by Crippen LogP contribution is 2.10. The van der Waals surface area contributed by atoms with Crippen LogP contribution in [-0.2, 0) is 0 Å². The molecule has 0 radical (unpaired) electrons. The lowest BCUT2D eigenvalue weighted by Crippen LogP contribution is -2.26. The van der Waals surface area contributed by atoms with Crippen LogP contribution in [0.4, 0.5) is 0 Å². The van der Waals surface area contributed by atoms with Gasteiger partial charge in [-0.1, -0.05) is 30.3 Å². The van der Waals surface area contributed by atoms with Gasteiger partial charge in [0, 0.05) is 0 Å². The normalized spacial score (nSPS) is 12.7. The number of rotatable bonds is 6. The molecule has 3 nitrogen and oxygen atoms in total. The van der Waals surface area contributed by atoms with Gasteiger partial charge < -0.3 is 16.2 Å². The van der Waals surface area contributed by atoms with Crippen LogP contribution in [-0.4, -0.2) is 24.8 Å². The summed E-state index contributed by atoms with van der Waals surface area (Å²) in [5.41, 5.74) is 6.51. The van der Waals surface area contributed by atoms with Gasteiger partial charge in [-0.05, 0) is 25.1 Å². The fraction of sp³-hybridized carbons (Fsp3) is 0.455. The summed E-state index contributed by atoms with van der Waals surface area (Å²) in [7, 11) is 0. The number of aliphatic hydroxyl groups excluding tert-OH is 1. The number of hydrogen-bond acceptors (Lipinski definition) is 3. The number of benzene rings is 1. The van der Waals surface area contributed by atoms with Gasteiger partial charge in [-0.25, -0.2) is 0 Å². The second-order valence-electron chi connectivity index (χ2n) is 3.24. The first-order chi connectivity index (χ1) is 6.88. The van der Waals surface area contributed by atoms with Crippen molar-refractivity contribution < 1.29 is 5.11 Å². The lowest BCUT2D eigenvalue weighted by molar-refractivity contribution is 0.244. The highest BCUT2D eigenvalue weighted by Gasteiger charge is 2.07. The van der Waals surface area contributed by atoms with Crippen molar-refractivity contribution in [2.24, 2.45) is 5.73 Å². The van der Waals surface area contributed by atoms with E-state index in [4.69, 9.17) is 5.73 Å². The van der Waals surface area contributed by atoms with Crippen molar-refractivity contribution in [2.45, 2.75) is 12.5 Å². The van der Waals surface area contributed by atoms with E-state index < -0.39 is 0 Å². The van der Waals surface area contributed by atoms with Crippen LogP contribution >= 0.6 is 0 Å². The van der Waals surface area contributed by atoms with E-state index in [0.717, 1.165) is 18.5 Å². The Morgan fingerprint density at radius 1 is 1.29 bits per heavy atom. The van der Waals surface area contributed by atoms with Gasteiger partial charge in [0.2, 0.25) is 0 Å². The zero-order valence-electron chi connectivity index (χ0n) is 8.32. The summed E-state index contributed by atoms with van der Waals surface area (Å²) >= 11 is 0. The predicted molar refractivity (Wildman–Crippen MR) is 57.9 cm³/mol. The standard InChI is InChI=1S/C11H18N2O/c12-7-4-8-13-11(9-14)10-5-2-1-3-6-10/h1-3,5-6,11,13-14H,4,7-9,12H2. The molecule has 0 aliphatic carbocycles. The molecule has 0 heterocycles. The van der Waals surface area contributed by atoms with E-state index in [2.05, 4.69) is 5.32 Å². The number of nitrogens with two attached hydrogens (primary N) is 1. The molecule has 0 fully saturated rings. The van der Waals surface area contributed by atoms with Crippen molar-refractivity contribution in [3.8, 4) is 0 Å². The minimum atomic E-state index is 0.0303. The van der Waals surface area contributed by atoms with Crippen LogP contribution in [0.1, 0.15) is 18.0 Å². The van der Waals surface area contributed by atoms with E-state index in [-0.39, 0.29) is 12.6 Å². The largest absolute Gasteiger partial charge is 0.394 e. The van der Waals surface area contributed by atoms with Gasteiger partial charge in [0.1, 0.15) is 0 Å². The second-order valence-corrected chi connectivity index (χ2v) is 3.24. The molecule has 0 amide bonds. The van der Waals surface area contributed by atoms with E-state index in [1.165, 1.54) is 0 Å². The minimum absolute atomic E-state index is 0.0303. The maximum Gasteiger partial charge on any atom is 0.0626 e. The Kier molecular flexibility index (Phi) is 5.22. The first kappa shape index (κ1) is 11.2. The van der Waals surface area contributed by atoms with Crippen LogP contribution in [0, 0.1) is 0 Å². The maximum absolute atomic E-state index is 9.19. The summed E-state index contributed by atoms with van der Waals surface area (Å²) in [4.78, 5) is 0. The molecule has 14 heavy (non-hydrogen) atoms. The molecule has 0 bridgehead atoms. The Hall–Kier alpha value is -0.900. The number of aliphatic hydroxyl groups is 1. The third-order valence-electron chi connectivity index (χ3n) is 2.16. The summed E-state index contributed by atoms with van der Waals surface area (Å²) < 4.78 is 0. The van der Waals surface area contributed by atoms with Crippen LogP contribution < -0.4 is 11.1 Å². The van der Waals surface area contributed by atoms with E-state index in [1.54, 1.807) is 0 Å². The average Bonchev–Trinajstić information content (AvgIpc) is 2.26. The van der Waals surface area contributed by atoms with Gasteiger partial charge in [-0.2, -0.15) is 0 Å². The van der Waals surface area contributed by atoms with Crippen molar-refractivity contribution in [2.75, 3.05) is 19.7 Å². The highest BCUT2D eigenvalue weighted by atomic mass is 16.3. The molecule has 3 heteroatoms. The molecule has 1 rings (SSSR count). The summed E-state index contributed by atoms with van der Waals surface area (Å²) in [6.45, 7) is 1.64. The van der Waals surface area contributed by atoms with Crippen molar-refractivity contribution in [3.63, 3.8) is 0 Å². The van der Waals surface area contributed by atoms with Crippen molar-refractivity contribution in [1.29, 1.82) is 0 Å². The maximum atomic E-state index is 9.19. The summed E-state index contributed by atoms with van der Waals surface area (Å²) in [5, 5.41) is 12.4. The van der Waals surface area contributed by atoms with Crippen LogP contribution in [0.15, 0.2) is 30.3 Å². The Labute approximate surface area is 84.9 Å². The topological polar surface area (TPSA) is 58.3 Å². The molecular weight excluding hydrogens is 176 g/mol. The molecule has 4 N–H and O–H groups in total. The van der Waals surface area contributed by atoms with Crippen LogP contribution in [0.5, 0.6) is 0 Å². The van der Waals surface area contributed by atoms with Crippen molar-refractivity contribution in [1.82, 2.24) is 5.32 Å². The number of nitrogens with one attached hydrogen (secondary N) is 1. The minimum Gasteiger partial charge on any atom is -0.394 e. The third-order valence-corrected chi connectivity index (χ3v) is 2.16. The van der Waals surface area contributed by atoms with Crippen LogP contribution in [0.25, 0.3) is 0 Å². The quantitative estimate of drug-likeness (QED) is 0.583. The van der Waals surface area contributed by atoms with Crippen LogP contribution in [0.3, 0.4) is 0 Å². The molecule has 0 aromatic heterocycles. The zero-order chi connectivity index (χ0) is 10.2. The fourth-order valence-corrected chi connectivity index (χ4v) is 1.35. The van der Waals surface area contributed by atoms with Crippen molar-refractivity contribution in [3.05, 3.63) is 35.9 Å². The highest BCUT2D eigenvalue weighted by molar-refractivity contribution is 5.18. The average molecular weight is 194 g/mol. The lowest BCUT2D eigenvalue weighted by atomic mass is 10.1. The molecule has 78 valence electrons. The van der Waals surface area contributed by atoms with Gasteiger partial charge in [-0.15, -0.1) is 0 Å². The molecule has 1 atom stereocenters. The molecule has 0 saturated carbocycles. The first-order valence-electron chi connectivity index (χ1n) is 4.97. The molecule has 0 saturated heterocycles. The summed E-state index contributed by atoms with van der Waals surface area (Å²) in [6, 6.07) is 9.97. The first-order valence-corrected chi connectivity index (χ1v) is 4.97. The van der Waals surface area contributed by atoms with E-state index >= 15 is 0 Å². The molecule has 0 aliphatic rings. The molecule has 0 spiro atoms. The Morgan fingerprint density at radius 2 is 2.00 bits per heavy atom. The lowest BCUT2D eigenvalue weighted by Gasteiger charge is -2.16. The molecule has 1 unspecified atom stereocenters. The molecule has 0 aliphatic heterocycles. The molecular formula is C11H18N2O. The Balaban J connectivity index is 2.46.